The summed E-state index contributed by atoms with van der Waals surface area (Å²) < 4.78 is 44.0. The SMILES string of the molecule is COc1ccc(C(F)(F)F)cc1N1Cc2sccc2N=C1Cl. The van der Waals surface area contributed by atoms with E-state index in [4.69, 9.17) is 16.3 Å². The number of hydrogen-bond acceptors (Lipinski definition) is 4. The third-order valence-electron chi connectivity index (χ3n) is 3.26. The minimum Gasteiger partial charge on any atom is -0.495 e. The highest BCUT2D eigenvalue weighted by Gasteiger charge is 2.33. The van der Waals surface area contributed by atoms with Crippen LogP contribution in [0.2, 0.25) is 0 Å². The molecule has 0 radical (unpaired) electrons. The van der Waals surface area contributed by atoms with E-state index in [1.807, 2.05) is 11.4 Å². The van der Waals surface area contributed by atoms with E-state index in [0.29, 0.717) is 12.3 Å². The largest absolute Gasteiger partial charge is 0.495 e. The predicted octanol–water partition coefficient (Wildman–Crippen LogP) is 5.02. The number of methoxy groups -OCH3 is 1. The third-order valence-corrected chi connectivity index (χ3v) is 4.44. The average Bonchev–Trinajstić information content (AvgIpc) is 2.91. The first-order chi connectivity index (χ1) is 10.4. The first-order valence-corrected chi connectivity index (χ1v) is 7.49. The van der Waals surface area contributed by atoms with Crippen molar-refractivity contribution in [1.82, 2.24) is 0 Å². The molecular weight excluding hydrogens is 337 g/mol. The van der Waals surface area contributed by atoms with Crippen molar-refractivity contribution in [3.63, 3.8) is 0 Å². The summed E-state index contributed by atoms with van der Waals surface area (Å²) in [5, 5.41) is 1.98. The van der Waals surface area contributed by atoms with Crippen molar-refractivity contribution in [2.24, 2.45) is 4.99 Å². The standard InChI is InChI=1S/C14H10ClF3N2OS/c1-21-11-3-2-8(14(16,17)18)6-10(11)20-7-12-9(4-5-22-12)19-13(20)15/h2-6H,7H2,1H3. The molecule has 1 aromatic carbocycles. The molecule has 1 aliphatic heterocycles. The van der Waals surface area contributed by atoms with Crippen LogP contribution in [0.15, 0.2) is 34.6 Å². The fraction of sp³-hybridized carbons (Fsp3) is 0.214. The highest BCUT2D eigenvalue weighted by Crippen LogP contribution is 2.40. The molecule has 0 unspecified atom stereocenters. The third kappa shape index (κ3) is 2.66. The smallest absolute Gasteiger partial charge is 0.416 e. The Bertz CT molecular complexity index is 742. The summed E-state index contributed by atoms with van der Waals surface area (Å²) in [6.45, 7) is 0.354. The fourth-order valence-electron chi connectivity index (χ4n) is 2.18. The highest BCUT2D eigenvalue weighted by atomic mass is 35.5. The molecule has 0 bridgehead atoms. The van der Waals surface area contributed by atoms with Gasteiger partial charge in [-0.25, -0.2) is 4.99 Å². The van der Waals surface area contributed by atoms with E-state index < -0.39 is 11.7 Å². The lowest BCUT2D eigenvalue weighted by atomic mass is 10.1. The van der Waals surface area contributed by atoms with Crippen LogP contribution in [0.3, 0.4) is 0 Å². The number of rotatable bonds is 2. The number of nitrogens with zero attached hydrogens (tertiary/aromatic N) is 2. The summed E-state index contributed by atoms with van der Waals surface area (Å²) in [6.07, 6.45) is -4.44. The molecule has 0 amide bonds. The van der Waals surface area contributed by atoms with Crippen molar-refractivity contribution in [2.45, 2.75) is 12.7 Å². The van der Waals surface area contributed by atoms with E-state index in [-0.39, 0.29) is 11.0 Å². The number of anilines is 1. The van der Waals surface area contributed by atoms with Gasteiger partial charge >= 0.3 is 6.18 Å². The predicted molar refractivity (Wildman–Crippen MR) is 81.4 cm³/mol. The van der Waals surface area contributed by atoms with Crippen LogP contribution >= 0.6 is 22.9 Å². The normalized spacial score (nSPS) is 14.6. The topological polar surface area (TPSA) is 24.8 Å². The molecule has 116 valence electrons. The van der Waals surface area contributed by atoms with E-state index in [1.165, 1.54) is 29.4 Å². The van der Waals surface area contributed by atoms with E-state index >= 15 is 0 Å². The van der Waals surface area contributed by atoms with Gasteiger partial charge in [-0.15, -0.1) is 11.3 Å². The van der Waals surface area contributed by atoms with Gasteiger partial charge in [-0.05, 0) is 41.2 Å². The van der Waals surface area contributed by atoms with Gasteiger partial charge in [-0.3, -0.25) is 0 Å². The first-order valence-electron chi connectivity index (χ1n) is 6.23. The number of fused-ring (bicyclic) bond motifs is 1. The zero-order valence-electron chi connectivity index (χ0n) is 11.3. The molecule has 0 N–H and O–H groups in total. The van der Waals surface area contributed by atoms with Crippen molar-refractivity contribution in [3.8, 4) is 5.75 Å². The summed E-state index contributed by atoms with van der Waals surface area (Å²) in [5.74, 6) is 0.307. The van der Waals surface area contributed by atoms with Gasteiger partial charge in [-0.2, -0.15) is 13.2 Å². The molecule has 3 nitrogen and oxygen atoms in total. The van der Waals surface area contributed by atoms with E-state index in [9.17, 15) is 13.2 Å². The maximum atomic E-state index is 12.9. The molecule has 0 saturated carbocycles. The second-order valence-corrected chi connectivity index (χ2v) is 5.92. The summed E-state index contributed by atoms with van der Waals surface area (Å²) in [5.41, 5.74) is 0.229. The molecule has 8 heteroatoms. The molecule has 0 spiro atoms. The van der Waals surface area contributed by atoms with Crippen LogP contribution in [0, 0.1) is 0 Å². The molecule has 22 heavy (non-hydrogen) atoms. The quantitative estimate of drug-likeness (QED) is 0.713. The summed E-state index contributed by atoms with van der Waals surface area (Å²) in [4.78, 5) is 6.66. The molecular formula is C14H10ClF3N2OS. The van der Waals surface area contributed by atoms with E-state index in [1.54, 1.807) is 0 Å². The van der Waals surface area contributed by atoms with Crippen molar-refractivity contribution >= 4 is 39.6 Å². The van der Waals surface area contributed by atoms with Gasteiger partial charge < -0.3 is 9.64 Å². The van der Waals surface area contributed by atoms with Gasteiger partial charge in [0.15, 0.2) is 0 Å². The number of aliphatic imine (C=N–C) groups is 1. The molecule has 3 rings (SSSR count). The van der Waals surface area contributed by atoms with Crippen LogP contribution < -0.4 is 9.64 Å². The molecule has 0 saturated heterocycles. The van der Waals surface area contributed by atoms with Crippen LogP contribution in [0.25, 0.3) is 0 Å². The lowest BCUT2D eigenvalue weighted by Gasteiger charge is -2.27. The zero-order valence-corrected chi connectivity index (χ0v) is 12.9. The van der Waals surface area contributed by atoms with Gasteiger partial charge in [0.25, 0.3) is 0 Å². The first kappa shape index (κ1) is 15.2. The second kappa shape index (κ2) is 5.48. The van der Waals surface area contributed by atoms with Crippen molar-refractivity contribution < 1.29 is 17.9 Å². The maximum absolute atomic E-state index is 12.9. The molecule has 0 fully saturated rings. The van der Waals surface area contributed by atoms with Crippen LogP contribution in [-0.2, 0) is 12.7 Å². The zero-order chi connectivity index (χ0) is 15.9. The molecule has 2 heterocycles. The second-order valence-electron chi connectivity index (χ2n) is 4.58. The number of benzene rings is 1. The Morgan fingerprint density at radius 3 is 2.77 bits per heavy atom. The van der Waals surface area contributed by atoms with Crippen molar-refractivity contribution in [3.05, 3.63) is 40.1 Å². The summed E-state index contributed by atoms with van der Waals surface area (Å²) >= 11 is 7.62. The summed E-state index contributed by atoms with van der Waals surface area (Å²) in [7, 11) is 1.40. The van der Waals surface area contributed by atoms with Gasteiger partial charge in [-0.1, -0.05) is 0 Å². The molecule has 2 aromatic rings. The number of ether oxygens (including phenoxy) is 1. The molecule has 1 aromatic heterocycles. The lowest BCUT2D eigenvalue weighted by molar-refractivity contribution is -0.137. The van der Waals surface area contributed by atoms with Crippen LogP contribution in [0.1, 0.15) is 10.4 Å². The number of halogens is 4. The fourth-order valence-corrected chi connectivity index (χ4v) is 3.22. The Morgan fingerprint density at radius 1 is 1.32 bits per heavy atom. The lowest BCUT2D eigenvalue weighted by Crippen LogP contribution is -2.29. The van der Waals surface area contributed by atoms with Crippen LogP contribution in [0.5, 0.6) is 5.75 Å². The van der Waals surface area contributed by atoms with Gasteiger partial charge in [0.2, 0.25) is 5.29 Å². The molecule has 0 aliphatic carbocycles. The molecule has 0 atom stereocenters. The van der Waals surface area contributed by atoms with E-state index in [0.717, 1.165) is 22.7 Å². The number of amidine groups is 1. The van der Waals surface area contributed by atoms with Gasteiger partial charge in [0.05, 0.1) is 35.5 Å². The number of alkyl halides is 3. The Kier molecular flexibility index (Phi) is 3.78. The number of thiophene rings is 1. The monoisotopic (exact) mass is 346 g/mol. The van der Waals surface area contributed by atoms with Gasteiger partial charge in [0.1, 0.15) is 5.75 Å². The minimum absolute atomic E-state index is 0.114. The highest BCUT2D eigenvalue weighted by molar-refractivity contribution is 7.10. The summed E-state index contributed by atoms with van der Waals surface area (Å²) in [6, 6.07) is 5.11. The van der Waals surface area contributed by atoms with Crippen LogP contribution in [0.4, 0.5) is 24.5 Å². The Hall–Kier alpha value is -1.73. The molecule has 1 aliphatic rings. The van der Waals surface area contributed by atoms with Crippen LogP contribution in [-0.4, -0.2) is 12.4 Å². The van der Waals surface area contributed by atoms with Crippen molar-refractivity contribution in [2.75, 3.05) is 12.0 Å². The maximum Gasteiger partial charge on any atom is 0.416 e. The average molecular weight is 347 g/mol. The van der Waals surface area contributed by atoms with Gasteiger partial charge in [0, 0.05) is 0 Å². The van der Waals surface area contributed by atoms with E-state index in [2.05, 4.69) is 4.99 Å². The number of hydrogen-bond donors (Lipinski definition) is 0. The van der Waals surface area contributed by atoms with Crippen molar-refractivity contribution in [1.29, 1.82) is 0 Å². The minimum atomic E-state index is -4.44. The Labute approximate surface area is 133 Å². The Morgan fingerprint density at radius 2 is 2.09 bits per heavy atom. The Balaban J connectivity index is 2.07.